The third-order valence-corrected chi connectivity index (χ3v) is 5.62. The second-order valence-corrected chi connectivity index (χ2v) is 7.60. The molecule has 0 saturated heterocycles. The van der Waals surface area contributed by atoms with Crippen LogP contribution < -0.4 is 11.1 Å². The zero-order valence-corrected chi connectivity index (χ0v) is 17.9. The average Bonchev–Trinajstić information content (AvgIpc) is 3.14. The van der Waals surface area contributed by atoms with Crippen molar-refractivity contribution in [3.05, 3.63) is 72.3 Å². The molecular weight excluding hydrogens is 408 g/mol. The van der Waals surface area contributed by atoms with Crippen LogP contribution in [0.4, 0.5) is 4.79 Å². The Balaban J connectivity index is 1.68. The lowest BCUT2D eigenvalue weighted by Crippen LogP contribution is -2.46. The summed E-state index contributed by atoms with van der Waals surface area (Å²) in [6.45, 7) is 4.32. The van der Waals surface area contributed by atoms with Crippen LogP contribution in [0.5, 0.6) is 0 Å². The van der Waals surface area contributed by atoms with Crippen LogP contribution in [-0.2, 0) is 19.1 Å². The first-order valence-corrected chi connectivity index (χ1v) is 10.7. The van der Waals surface area contributed by atoms with Crippen LogP contribution in [0, 0.1) is 0 Å². The molecule has 0 radical (unpaired) electrons. The topological polar surface area (TPSA) is 108 Å². The lowest BCUT2D eigenvalue weighted by Gasteiger charge is -2.21. The summed E-state index contributed by atoms with van der Waals surface area (Å²) in [5.41, 5.74) is 10.0. The second kappa shape index (κ2) is 11.2. The Kier molecular flexibility index (Phi) is 8.16. The molecule has 2 aromatic rings. The molecule has 0 fully saturated rings. The summed E-state index contributed by atoms with van der Waals surface area (Å²) in [5, 5.41) is 2.63. The van der Waals surface area contributed by atoms with E-state index in [2.05, 4.69) is 24.0 Å². The molecule has 3 rings (SSSR count). The fraction of sp³-hybridized carbons (Fsp3) is 0.320. The molecule has 0 heterocycles. The molecule has 7 nitrogen and oxygen atoms in total. The highest BCUT2D eigenvalue weighted by atomic mass is 16.5. The number of alkyl carbamates (subject to hydrolysis) is 1. The quantitative estimate of drug-likeness (QED) is 0.300. The number of carbonyl (C=O) groups is 3. The molecule has 32 heavy (non-hydrogen) atoms. The average molecular weight is 437 g/mol. The van der Waals surface area contributed by atoms with E-state index in [1.54, 1.807) is 0 Å². The first-order chi connectivity index (χ1) is 15.6. The molecule has 0 spiro atoms. The van der Waals surface area contributed by atoms with Crippen molar-refractivity contribution < 1.29 is 23.9 Å². The van der Waals surface area contributed by atoms with Gasteiger partial charge in [-0.15, -0.1) is 0 Å². The SMILES string of the molecule is C=CC(OC=O)C(=O)[C@H](CCCCN)NC(=O)OCC1c2ccccc2-c2ccccc21. The monoisotopic (exact) mass is 436 g/mol. The van der Waals surface area contributed by atoms with Crippen molar-refractivity contribution in [2.45, 2.75) is 37.3 Å². The minimum absolute atomic E-state index is 0.0844. The Hall–Kier alpha value is -3.45. The van der Waals surface area contributed by atoms with Gasteiger partial charge >= 0.3 is 6.09 Å². The van der Waals surface area contributed by atoms with Crippen molar-refractivity contribution in [3.63, 3.8) is 0 Å². The van der Waals surface area contributed by atoms with E-state index in [-0.39, 0.29) is 19.0 Å². The molecule has 2 aromatic carbocycles. The summed E-state index contributed by atoms with van der Waals surface area (Å²) >= 11 is 0. The van der Waals surface area contributed by atoms with Crippen LogP contribution in [0.3, 0.4) is 0 Å². The lowest BCUT2D eigenvalue weighted by atomic mass is 9.98. The number of carbonyl (C=O) groups excluding carboxylic acids is 3. The van der Waals surface area contributed by atoms with Gasteiger partial charge in [-0.3, -0.25) is 9.59 Å². The molecule has 1 aliphatic carbocycles. The summed E-state index contributed by atoms with van der Waals surface area (Å²) in [6.07, 6.45) is 1.07. The van der Waals surface area contributed by atoms with Gasteiger partial charge in [0.15, 0.2) is 11.9 Å². The minimum atomic E-state index is -1.13. The zero-order valence-electron chi connectivity index (χ0n) is 17.9. The molecule has 1 unspecified atom stereocenters. The number of nitrogens with two attached hydrogens (primary N) is 1. The van der Waals surface area contributed by atoms with Crippen molar-refractivity contribution >= 4 is 18.3 Å². The maximum Gasteiger partial charge on any atom is 0.407 e. The van der Waals surface area contributed by atoms with Crippen molar-refractivity contribution in [2.75, 3.05) is 13.2 Å². The highest BCUT2D eigenvalue weighted by Crippen LogP contribution is 2.44. The van der Waals surface area contributed by atoms with Gasteiger partial charge in [0.05, 0.1) is 6.04 Å². The van der Waals surface area contributed by atoms with Crippen molar-refractivity contribution in [1.82, 2.24) is 5.32 Å². The van der Waals surface area contributed by atoms with Gasteiger partial charge in [-0.2, -0.15) is 0 Å². The van der Waals surface area contributed by atoms with Crippen molar-refractivity contribution in [1.29, 1.82) is 0 Å². The molecule has 3 N–H and O–H groups in total. The Labute approximate surface area is 187 Å². The van der Waals surface area contributed by atoms with E-state index in [1.165, 1.54) is 6.08 Å². The number of fused-ring (bicyclic) bond motifs is 3. The van der Waals surface area contributed by atoms with Crippen LogP contribution in [0.1, 0.15) is 36.3 Å². The van der Waals surface area contributed by atoms with Crippen molar-refractivity contribution in [3.8, 4) is 11.1 Å². The van der Waals surface area contributed by atoms with Crippen molar-refractivity contribution in [2.24, 2.45) is 5.73 Å². The molecular formula is C25H28N2O5. The normalized spacial score (nSPS) is 13.9. The van der Waals surface area contributed by atoms with E-state index < -0.39 is 24.0 Å². The summed E-state index contributed by atoms with van der Waals surface area (Å²) in [6, 6.07) is 15.2. The molecule has 7 heteroatoms. The fourth-order valence-corrected chi connectivity index (χ4v) is 4.06. The van der Waals surface area contributed by atoms with Gasteiger partial charge in [-0.05, 0) is 54.1 Å². The maximum atomic E-state index is 12.7. The highest BCUT2D eigenvalue weighted by Gasteiger charge is 2.31. The third kappa shape index (κ3) is 5.23. The first-order valence-electron chi connectivity index (χ1n) is 10.7. The smallest absolute Gasteiger partial charge is 0.407 e. The summed E-state index contributed by atoms with van der Waals surface area (Å²) < 4.78 is 10.3. The van der Waals surface area contributed by atoms with E-state index in [9.17, 15) is 14.4 Å². The fourth-order valence-electron chi connectivity index (χ4n) is 4.06. The van der Waals surface area contributed by atoms with Crippen LogP contribution in [0.15, 0.2) is 61.2 Å². The van der Waals surface area contributed by atoms with E-state index in [0.717, 1.165) is 22.3 Å². The number of benzene rings is 2. The van der Waals surface area contributed by atoms with Crippen LogP contribution in [0.2, 0.25) is 0 Å². The highest BCUT2D eigenvalue weighted by molar-refractivity contribution is 5.92. The largest absolute Gasteiger partial charge is 0.452 e. The number of amides is 1. The Bertz CT molecular complexity index is 929. The Morgan fingerprint density at radius 1 is 1.06 bits per heavy atom. The van der Waals surface area contributed by atoms with Gasteiger partial charge in [0.2, 0.25) is 0 Å². The summed E-state index contributed by atoms with van der Waals surface area (Å²) in [4.78, 5) is 36.0. The minimum Gasteiger partial charge on any atom is -0.452 e. The first kappa shape index (κ1) is 23.2. The van der Waals surface area contributed by atoms with E-state index in [0.29, 0.717) is 25.8 Å². The molecule has 0 aromatic heterocycles. The molecule has 2 atom stereocenters. The number of hydrogen-bond acceptors (Lipinski definition) is 6. The van der Waals surface area contributed by atoms with Gasteiger partial charge in [-0.25, -0.2) is 4.79 Å². The van der Waals surface area contributed by atoms with Gasteiger partial charge in [0.1, 0.15) is 6.61 Å². The molecule has 1 amide bonds. The standard InChI is InChI=1S/C25H28N2O5/c1-2-23(32-16-28)24(29)22(13-7-8-14-26)27-25(30)31-15-21-19-11-5-3-9-17(19)18-10-4-6-12-20(18)21/h2-6,9-12,16,21-23H,1,7-8,13-15,26H2,(H,27,30)/t22-,23?/m0/s1. The van der Waals surface area contributed by atoms with Crippen LogP contribution >= 0.6 is 0 Å². The number of nitrogens with one attached hydrogen (secondary N) is 1. The Morgan fingerprint density at radius 3 is 2.25 bits per heavy atom. The molecule has 1 aliphatic rings. The number of ketones is 1. The lowest BCUT2D eigenvalue weighted by molar-refractivity contribution is -0.141. The maximum absolute atomic E-state index is 12.7. The van der Waals surface area contributed by atoms with E-state index in [1.807, 2.05) is 36.4 Å². The second-order valence-electron chi connectivity index (χ2n) is 7.60. The summed E-state index contributed by atoms with van der Waals surface area (Å²) in [5.74, 6) is -0.545. The molecule has 0 saturated carbocycles. The zero-order chi connectivity index (χ0) is 22.9. The van der Waals surface area contributed by atoms with Gasteiger partial charge in [-0.1, -0.05) is 55.1 Å². The number of rotatable bonds is 12. The van der Waals surface area contributed by atoms with Crippen LogP contribution in [-0.4, -0.2) is 43.6 Å². The summed E-state index contributed by atoms with van der Waals surface area (Å²) in [7, 11) is 0. The van der Waals surface area contributed by atoms with E-state index >= 15 is 0 Å². The van der Waals surface area contributed by atoms with Gasteiger partial charge in [0.25, 0.3) is 6.47 Å². The molecule has 0 bridgehead atoms. The Morgan fingerprint density at radius 2 is 1.69 bits per heavy atom. The molecule has 168 valence electrons. The predicted octanol–water partition coefficient (Wildman–Crippen LogP) is 3.32. The van der Waals surface area contributed by atoms with Gasteiger partial charge in [0, 0.05) is 5.92 Å². The van der Waals surface area contributed by atoms with E-state index in [4.69, 9.17) is 15.2 Å². The number of unbranched alkanes of at least 4 members (excludes halogenated alkanes) is 1. The van der Waals surface area contributed by atoms with Crippen LogP contribution in [0.25, 0.3) is 11.1 Å². The predicted molar refractivity (Wildman–Crippen MR) is 121 cm³/mol. The molecule has 0 aliphatic heterocycles. The number of Topliss-reactive ketones (excluding diaryl/α,β-unsaturated/α-hetero) is 1. The third-order valence-electron chi connectivity index (χ3n) is 5.62. The van der Waals surface area contributed by atoms with Gasteiger partial charge < -0.3 is 20.5 Å². The number of ether oxygens (including phenoxy) is 2. The number of hydrogen-bond donors (Lipinski definition) is 2.